The number of anilines is 1. The van der Waals surface area contributed by atoms with Crippen LogP contribution in [0.4, 0.5) is 24.5 Å². The van der Waals surface area contributed by atoms with E-state index in [9.17, 15) is 32.9 Å². The minimum atomic E-state index is -4.68. The molecule has 1 N–H and O–H groups in total. The summed E-state index contributed by atoms with van der Waals surface area (Å²) in [6.07, 6.45) is -4.00. The average Bonchev–Trinajstić information content (AvgIpc) is 2.87. The predicted octanol–water partition coefficient (Wildman–Crippen LogP) is 2.50. The maximum atomic E-state index is 12.7. The summed E-state index contributed by atoms with van der Waals surface area (Å²) in [6, 6.07) is 2.21. The Morgan fingerprint density at radius 3 is 2.43 bits per heavy atom. The van der Waals surface area contributed by atoms with Crippen LogP contribution in [0.3, 0.4) is 0 Å². The van der Waals surface area contributed by atoms with Gasteiger partial charge in [0.1, 0.15) is 5.69 Å². The van der Waals surface area contributed by atoms with Gasteiger partial charge in [0, 0.05) is 52.1 Å². The molecule has 1 heterocycles. The number of hydrogen-bond donors (Lipinski definition) is 1. The fraction of sp³-hybridized carbons (Fsp3) is 0.529. The highest BCUT2D eigenvalue weighted by molar-refractivity contribution is 5.77. The number of carbonyl (C=O) groups is 2. The molecule has 0 unspecified atom stereocenters. The van der Waals surface area contributed by atoms with Crippen LogP contribution in [0.1, 0.15) is 25.3 Å². The maximum absolute atomic E-state index is 12.7. The van der Waals surface area contributed by atoms with Crippen molar-refractivity contribution in [2.24, 2.45) is 0 Å². The molecule has 8 nitrogen and oxygen atoms in total. The highest BCUT2D eigenvalue weighted by atomic mass is 19.4. The number of halogens is 3. The SMILES string of the molecule is CC(=O)N1CCCN(C(=O)CCNc2ccc(C(F)(F)F)cc2[N+](=O)[O-])CC1. The quantitative estimate of drug-likeness (QED) is 0.603. The number of benzene rings is 1. The Morgan fingerprint density at radius 2 is 1.82 bits per heavy atom. The van der Waals surface area contributed by atoms with Crippen molar-refractivity contribution >= 4 is 23.2 Å². The second kappa shape index (κ2) is 8.89. The highest BCUT2D eigenvalue weighted by Gasteiger charge is 2.33. The highest BCUT2D eigenvalue weighted by Crippen LogP contribution is 2.34. The predicted molar refractivity (Wildman–Crippen MR) is 94.7 cm³/mol. The van der Waals surface area contributed by atoms with Crippen molar-refractivity contribution in [1.29, 1.82) is 0 Å². The van der Waals surface area contributed by atoms with Gasteiger partial charge in [-0.3, -0.25) is 19.7 Å². The summed E-state index contributed by atoms with van der Waals surface area (Å²) in [5, 5.41) is 13.7. The minimum Gasteiger partial charge on any atom is -0.379 e. The molecule has 0 aromatic heterocycles. The number of alkyl halides is 3. The Balaban J connectivity index is 1.94. The lowest BCUT2D eigenvalue weighted by molar-refractivity contribution is -0.384. The van der Waals surface area contributed by atoms with E-state index in [4.69, 9.17) is 0 Å². The smallest absolute Gasteiger partial charge is 0.379 e. The third kappa shape index (κ3) is 5.57. The van der Waals surface area contributed by atoms with Gasteiger partial charge in [0.05, 0.1) is 10.5 Å². The first kappa shape index (κ1) is 21.5. The fourth-order valence-electron chi connectivity index (χ4n) is 2.95. The molecule has 11 heteroatoms. The molecule has 1 aliphatic rings. The second-order valence-corrected chi connectivity index (χ2v) is 6.40. The summed E-state index contributed by atoms with van der Waals surface area (Å²) in [4.78, 5) is 37.2. The van der Waals surface area contributed by atoms with Crippen LogP contribution < -0.4 is 5.32 Å². The van der Waals surface area contributed by atoms with Crippen molar-refractivity contribution in [3.05, 3.63) is 33.9 Å². The Bertz CT molecular complexity index is 754. The van der Waals surface area contributed by atoms with Crippen molar-refractivity contribution in [2.75, 3.05) is 38.0 Å². The molecule has 1 fully saturated rings. The van der Waals surface area contributed by atoms with Crippen molar-refractivity contribution in [1.82, 2.24) is 9.80 Å². The molecular weight excluding hydrogens is 381 g/mol. The zero-order chi connectivity index (χ0) is 20.9. The lowest BCUT2D eigenvalue weighted by Gasteiger charge is -2.21. The van der Waals surface area contributed by atoms with Gasteiger partial charge in [-0.1, -0.05) is 0 Å². The molecule has 0 saturated carbocycles. The van der Waals surface area contributed by atoms with E-state index < -0.39 is 22.4 Å². The van der Waals surface area contributed by atoms with E-state index in [1.54, 1.807) is 9.80 Å². The second-order valence-electron chi connectivity index (χ2n) is 6.40. The van der Waals surface area contributed by atoms with Crippen molar-refractivity contribution in [2.45, 2.75) is 25.9 Å². The zero-order valence-corrected chi connectivity index (χ0v) is 15.3. The monoisotopic (exact) mass is 402 g/mol. The molecule has 28 heavy (non-hydrogen) atoms. The number of amides is 2. The van der Waals surface area contributed by atoms with E-state index in [1.165, 1.54) is 6.92 Å². The fourth-order valence-corrected chi connectivity index (χ4v) is 2.95. The Labute approximate surface area is 159 Å². The summed E-state index contributed by atoms with van der Waals surface area (Å²) < 4.78 is 38.2. The molecule has 1 saturated heterocycles. The lowest BCUT2D eigenvalue weighted by atomic mass is 10.1. The van der Waals surface area contributed by atoms with Gasteiger partial charge in [0.25, 0.3) is 5.69 Å². The van der Waals surface area contributed by atoms with Crippen molar-refractivity contribution in [3.63, 3.8) is 0 Å². The number of nitrogens with zero attached hydrogens (tertiary/aromatic N) is 3. The van der Waals surface area contributed by atoms with E-state index in [0.717, 1.165) is 12.1 Å². The number of rotatable bonds is 5. The van der Waals surface area contributed by atoms with Gasteiger partial charge >= 0.3 is 6.18 Å². The Hall–Kier alpha value is -2.85. The standard InChI is InChI=1S/C17H21F3N4O4/c1-12(25)22-7-2-8-23(10-9-22)16(26)5-6-21-14-4-3-13(17(18,19)20)11-15(14)24(27)28/h3-4,11,21H,2,5-10H2,1H3. The third-order valence-electron chi connectivity index (χ3n) is 4.47. The largest absolute Gasteiger partial charge is 0.416 e. The molecule has 0 bridgehead atoms. The molecule has 1 aromatic rings. The number of carbonyl (C=O) groups excluding carboxylic acids is 2. The molecule has 1 aromatic carbocycles. The molecule has 2 amide bonds. The van der Waals surface area contributed by atoms with Gasteiger partial charge < -0.3 is 15.1 Å². The van der Waals surface area contributed by atoms with E-state index in [0.29, 0.717) is 38.7 Å². The molecule has 1 aliphatic heterocycles. The molecule has 0 atom stereocenters. The molecule has 0 spiro atoms. The molecule has 0 radical (unpaired) electrons. The summed E-state index contributed by atoms with van der Waals surface area (Å²) in [7, 11) is 0. The van der Waals surface area contributed by atoms with Crippen LogP contribution in [0.5, 0.6) is 0 Å². The van der Waals surface area contributed by atoms with Crippen LogP contribution in [0, 0.1) is 10.1 Å². The van der Waals surface area contributed by atoms with E-state index in [2.05, 4.69) is 5.32 Å². The number of nitro benzene ring substituents is 1. The zero-order valence-electron chi connectivity index (χ0n) is 15.3. The topological polar surface area (TPSA) is 95.8 Å². The van der Waals surface area contributed by atoms with Gasteiger partial charge in [-0.05, 0) is 18.6 Å². The van der Waals surface area contributed by atoms with Crippen LogP contribution in [-0.4, -0.2) is 59.3 Å². The number of hydrogen-bond acceptors (Lipinski definition) is 5. The third-order valence-corrected chi connectivity index (χ3v) is 4.47. The molecule has 154 valence electrons. The first-order valence-electron chi connectivity index (χ1n) is 8.72. The maximum Gasteiger partial charge on any atom is 0.416 e. The lowest BCUT2D eigenvalue weighted by Crippen LogP contribution is -2.37. The van der Waals surface area contributed by atoms with E-state index in [1.807, 2.05) is 0 Å². The molecule has 2 rings (SSSR count). The van der Waals surface area contributed by atoms with Gasteiger partial charge in [-0.15, -0.1) is 0 Å². The summed E-state index contributed by atoms with van der Waals surface area (Å²) in [5.74, 6) is -0.238. The summed E-state index contributed by atoms with van der Waals surface area (Å²) in [6.45, 7) is 3.44. The van der Waals surface area contributed by atoms with E-state index in [-0.39, 0.29) is 30.5 Å². The minimum absolute atomic E-state index is 0.0260. The van der Waals surface area contributed by atoms with Gasteiger partial charge in [0.15, 0.2) is 0 Å². The van der Waals surface area contributed by atoms with Crippen LogP contribution in [0.2, 0.25) is 0 Å². The summed E-state index contributed by atoms with van der Waals surface area (Å²) >= 11 is 0. The van der Waals surface area contributed by atoms with Gasteiger partial charge in [-0.2, -0.15) is 13.2 Å². The normalized spacial score (nSPS) is 15.1. The first-order chi connectivity index (χ1) is 13.1. The van der Waals surface area contributed by atoms with Crippen molar-refractivity contribution < 1.29 is 27.7 Å². The van der Waals surface area contributed by atoms with Crippen LogP contribution in [-0.2, 0) is 15.8 Å². The Kier molecular flexibility index (Phi) is 6.81. The molecule has 0 aliphatic carbocycles. The van der Waals surface area contributed by atoms with Crippen molar-refractivity contribution in [3.8, 4) is 0 Å². The van der Waals surface area contributed by atoms with Crippen LogP contribution in [0.25, 0.3) is 0 Å². The Morgan fingerprint density at radius 1 is 1.18 bits per heavy atom. The van der Waals surface area contributed by atoms with Crippen LogP contribution in [0.15, 0.2) is 18.2 Å². The van der Waals surface area contributed by atoms with Gasteiger partial charge in [-0.25, -0.2) is 0 Å². The number of nitrogens with one attached hydrogen (secondary N) is 1. The first-order valence-corrected chi connectivity index (χ1v) is 8.72. The average molecular weight is 402 g/mol. The van der Waals surface area contributed by atoms with Crippen LogP contribution >= 0.6 is 0 Å². The molecular formula is C17H21F3N4O4. The van der Waals surface area contributed by atoms with E-state index >= 15 is 0 Å². The van der Waals surface area contributed by atoms with Gasteiger partial charge in [0.2, 0.25) is 11.8 Å². The number of nitro groups is 1. The summed E-state index contributed by atoms with van der Waals surface area (Å²) in [5.41, 5.74) is -1.89.